The maximum absolute atomic E-state index is 14.3. The average Bonchev–Trinajstić information content (AvgIpc) is 3.23. The first-order valence-corrected chi connectivity index (χ1v) is 18.0. The lowest BCUT2D eigenvalue weighted by molar-refractivity contribution is 0.0600. The van der Waals surface area contributed by atoms with Gasteiger partial charge < -0.3 is 14.0 Å². The highest BCUT2D eigenvalue weighted by Gasteiger charge is 2.33. The SMILES string of the molecule is COC(=O)c1ccc(-c2ccccc2S(=O)(=O)N(COCC[Si](C)(C)C)c2onc(C)c2C)c(CCCF)c1. The Labute approximate surface area is 231 Å². The van der Waals surface area contributed by atoms with E-state index in [1.807, 2.05) is 0 Å². The van der Waals surface area contributed by atoms with Crippen molar-refractivity contribution in [3.63, 3.8) is 0 Å². The fourth-order valence-corrected chi connectivity index (χ4v) is 6.30. The molecule has 0 radical (unpaired) electrons. The summed E-state index contributed by atoms with van der Waals surface area (Å²) in [6.07, 6.45) is 0.537. The van der Waals surface area contributed by atoms with Crippen LogP contribution < -0.4 is 4.31 Å². The summed E-state index contributed by atoms with van der Waals surface area (Å²) in [5.41, 5.74) is 3.12. The van der Waals surface area contributed by atoms with Gasteiger partial charge in [0.15, 0.2) is 0 Å². The van der Waals surface area contributed by atoms with Crippen molar-refractivity contribution in [2.45, 2.75) is 57.3 Å². The second-order valence-corrected chi connectivity index (χ2v) is 18.0. The smallest absolute Gasteiger partial charge is 0.337 e. The van der Waals surface area contributed by atoms with Gasteiger partial charge in [0.25, 0.3) is 10.0 Å². The van der Waals surface area contributed by atoms with Crippen LogP contribution in [0.5, 0.6) is 0 Å². The van der Waals surface area contributed by atoms with Gasteiger partial charge in [-0.1, -0.05) is 49.1 Å². The van der Waals surface area contributed by atoms with Crippen LogP contribution in [0.3, 0.4) is 0 Å². The summed E-state index contributed by atoms with van der Waals surface area (Å²) < 4.78 is 58.9. The molecule has 0 amide bonds. The number of carbonyl (C=O) groups is 1. The van der Waals surface area contributed by atoms with E-state index in [9.17, 15) is 17.6 Å². The molecule has 8 nitrogen and oxygen atoms in total. The van der Waals surface area contributed by atoms with E-state index in [4.69, 9.17) is 14.0 Å². The zero-order valence-electron chi connectivity index (χ0n) is 23.4. The van der Waals surface area contributed by atoms with E-state index in [1.54, 1.807) is 50.2 Å². The van der Waals surface area contributed by atoms with Crippen LogP contribution in [0.1, 0.15) is 33.6 Å². The lowest BCUT2D eigenvalue weighted by Gasteiger charge is -2.24. The molecule has 2 aromatic carbocycles. The third-order valence-corrected chi connectivity index (χ3v) is 9.88. The van der Waals surface area contributed by atoms with Crippen molar-refractivity contribution < 1.29 is 31.6 Å². The van der Waals surface area contributed by atoms with Crippen LogP contribution in [-0.2, 0) is 25.9 Å². The zero-order valence-corrected chi connectivity index (χ0v) is 25.2. The van der Waals surface area contributed by atoms with E-state index in [0.717, 1.165) is 10.3 Å². The number of sulfonamides is 1. The van der Waals surface area contributed by atoms with Gasteiger partial charge in [-0.15, -0.1) is 0 Å². The van der Waals surface area contributed by atoms with Gasteiger partial charge in [0.2, 0.25) is 5.88 Å². The number of methoxy groups -OCH3 is 1. The van der Waals surface area contributed by atoms with E-state index in [2.05, 4.69) is 24.8 Å². The van der Waals surface area contributed by atoms with Gasteiger partial charge >= 0.3 is 5.97 Å². The van der Waals surface area contributed by atoms with Crippen molar-refractivity contribution in [3.05, 3.63) is 64.8 Å². The van der Waals surface area contributed by atoms with Crippen molar-refractivity contribution in [2.24, 2.45) is 0 Å². The molecular formula is C28H37FN2O6SSi. The minimum Gasteiger partial charge on any atom is -0.465 e. The number of hydrogen-bond acceptors (Lipinski definition) is 7. The van der Waals surface area contributed by atoms with Crippen molar-refractivity contribution in [3.8, 4) is 11.1 Å². The molecule has 11 heteroatoms. The second kappa shape index (κ2) is 12.9. The Morgan fingerprint density at radius 3 is 2.44 bits per heavy atom. The van der Waals surface area contributed by atoms with Gasteiger partial charge in [-0.25, -0.2) is 17.5 Å². The van der Waals surface area contributed by atoms with Crippen LogP contribution in [0.25, 0.3) is 11.1 Å². The third kappa shape index (κ3) is 7.34. The van der Waals surface area contributed by atoms with Gasteiger partial charge in [-0.05, 0) is 62.1 Å². The Morgan fingerprint density at radius 1 is 1.10 bits per heavy atom. The molecule has 0 saturated carbocycles. The highest BCUT2D eigenvalue weighted by Crippen LogP contribution is 2.36. The van der Waals surface area contributed by atoms with E-state index in [0.29, 0.717) is 46.5 Å². The molecule has 1 heterocycles. The molecule has 1 aromatic heterocycles. The summed E-state index contributed by atoms with van der Waals surface area (Å²) in [5, 5.41) is 3.97. The van der Waals surface area contributed by atoms with Crippen LogP contribution in [0.4, 0.5) is 10.3 Å². The molecule has 3 rings (SSSR count). The number of rotatable bonds is 13. The van der Waals surface area contributed by atoms with E-state index >= 15 is 0 Å². The molecular weight excluding hydrogens is 539 g/mol. The van der Waals surface area contributed by atoms with Gasteiger partial charge in [0, 0.05) is 25.8 Å². The van der Waals surface area contributed by atoms with Crippen molar-refractivity contribution in [1.82, 2.24) is 5.16 Å². The molecule has 0 fully saturated rings. The molecule has 0 saturated heterocycles. The third-order valence-electron chi connectivity index (χ3n) is 6.42. The predicted molar refractivity (Wildman–Crippen MR) is 152 cm³/mol. The highest BCUT2D eigenvalue weighted by molar-refractivity contribution is 7.93. The van der Waals surface area contributed by atoms with Crippen LogP contribution in [-0.4, -0.2) is 54.7 Å². The van der Waals surface area contributed by atoms with Gasteiger partial charge in [0.1, 0.15) is 6.73 Å². The largest absolute Gasteiger partial charge is 0.465 e. The minimum absolute atomic E-state index is 0.0274. The summed E-state index contributed by atoms with van der Waals surface area (Å²) in [7, 11) is -4.32. The summed E-state index contributed by atoms with van der Waals surface area (Å²) in [6, 6.07) is 12.3. The monoisotopic (exact) mass is 576 g/mol. The minimum atomic E-state index is -4.21. The number of aromatic nitrogens is 1. The molecule has 212 valence electrons. The molecule has 0 spiro atoms. The highest BCUT2D eigenvalue weighted by atomic mass is 32.2. The molecule has 0 aliphatic carbocycles. The molecule has 0 bridgehead atoms. The van der Waals surface area contributed by atoms with Crippen LogP contribution in [0.15, 0.2) is 51.9 Å². The molecule has 0 unspecified atom stereocenters. The van der Waals surface area contributed by atoms with Crippen LogP contribution in [0.2, 0.25) is 25.7 Å². The quantitative estimate of drug-likeness (QED) is 0.104. The molecule has 3 aromatic rings. The van der Waals surface area contributed by atoms with Gasteiger partial charge in [0.05, 0.1) is 29.9 Å². The van der Waals surface area contributed by atoms with Gasteiger partial charge in [-0.2, -0.15) is 0 Å². The summed E-state index contributed by atoms with van der Waals surface area (Å²) in [6.45, 7) is 9.77. The standard InChI is InChI=1S/C28H37FN2O6SSi/c1-20-21(2)30-37-27(20)31(19-36-16-17-39(4,5)6)38(33,34)26-12-8-7-11-25(26)24-14-13-23(28(32)35-3)18-22(24)10-9-15-29/h7-8,11-14,18H,9-10,15-17,19H2,1-6H3. The van der Waals surface area contributed by atoms with Crippen molar-refractivity contribution in [1.29, 1.82) is 0 Å². The normalized spacial score (nSPS) is 12.0. The Morgan fingerprint density at radius 2 is 1.82 bits per heavy atom. The fourth-order valence-electron chi connectivity index (χ4n) is 4.00. The Bertz CT molecular complexity index is 1400. The van der Waals surface area contributed by atoms with E-state index in [-0.39, 0.29) is 23.9 Å². The number of ether oxygens (including phenoxy) is 2. The number of aryl methyl sites for hydroxylation is 2. The lowest BCUT2D eigenvalue weighted by atomic mass is 9.94. The number of hydrogen-bond donors (Lipinski definition) is 0. The van der Waals surface area contributed by atoms with E-state index in [1.165, 1.54) is 13.2 Å². The zero-order chi connectivity index (χ0) is 28.8. The lowest BCUT2D eigenvalue weighted by Crippen LogP contribution is -2.34. The second-order valence-electron chi connectivity index (χ2n) is 10.6. The number of anilines is 1. The number of alkyl halides is 1. The van der Waals surface area contributed by atoms with Gasteiger partial charge in [-0.3, -0.25) is 4.39 Å². The number of nitrogens with zero attached hydrogens (tertiary/aromatic N) is 2. The van der Waals surface area contributed by atoms with E-state index < -0.39 is 30.7 Å². The average molecular weight is 577 g/mol. The molecule has 0 aliphatic heterocycles. The molecule has 0 atom stereocenters. The molecule has 39 heavy (non-hydrogen) atoms. The summed E-state index contributed by atoms with van der Waals surface area (Å²) >= 11 is 0. The first-order valence-electron chi connectivity index (χ1n) is 12.8. The van der Waals surface area contributed by atoms with Crippen LogP contribution >= 0.6 is 0 Å². The summed E-state index contributed by atoms with van der Waals surface area (Å²) in [4.78, 5) is 12.2. The first kappa shape index (κ1) is 30.5. The number of benzene rings is 2. The van der Waals surface area contributed by atoms with Crippen molar-refractivity contribution >= 4 is 30.0 Å². The first-order chi connectivity index (χ1) is 18.4. The number of carbonyl (C=O) groups excluding carboxylic acids is 1. The molecule has 0 N–H and O–H groups in total. The predicted octanol–water partition coefficient (Wildman–Crippen LogP) is 6.15. The fraction of sp³-hybridized carbons (Fsp3) is 0.429. The number of esters is 1. The summed E-state index contributed by atoms with van der Waals surface area (Å²) in [5.74, 6) is -0.434. The number of halogens is 1. The van der Waals surface area contributed by atoms with Crippen LogP contribution in [0, 0.1) is 13.8 Å². The van der Waals surface area contributed by atoms with Crippen molar-refractivity contribution in [2.75, 3.05) is 31.4 Å². The maximum atomic E-state index is 14.3. The topological polar surface area (TPSA) is 98.9 Å². The Hall–Kier alpha value is -3.02. The Kier molecular flexibility index (Phi) is 10.1. The molecule has 0 aliphatic rings. The maximum Gasteiger partial charge on any atom is 0.337 e. The Balaban J connectivity index is 2.11.